The van der Waals surface area contributed by atoms with Gasteiger partial charge in [0, 0.05) is 22.9 Å². The van der Waals surface area contributed by atoms with Gasteiger partial charge in [0.25, 0.3) is 11.6 Å². The SMILES string of the molecule is Cc1c(C(=O)OCC(=O)Nc2ccccc2-c2ccccc2)cccc1[N+](=O)[O-]. The number of nitrogens with one attached hydrogen (secondary N) is 1. The fraction of sp³-hybridized carbons (Fsp3) is 0.0909. The molecule has 0 aliphatic heterocycles. The highest BCUT2D eigenvalue weighted by molar-refractivity contribution is 5.98. The van der Waals surface area contributed by atoms with Crippen LogP contribution in [0.5, 0.6) is 0 Å². The van der Waals surface area contributed by atoms with Crippen LogP contribution in [0.4, 0.5) is 11.4 Å². The molecule has 0 fully saturated rings. The monoisotopic (exact) mass is 390 g/mol. The van der Waals surface area contributed by atoms with E-state index in [-0.39, 0.29) is 16.8 Å². The van der Waals surface area contributed by atoms with Crippen molar-refractivity contribution in [3.8, 4) is 11.1 Å². The minimum Gasteiger partial charge on any atom is -0.452 e. The first-order chi connectivity index (χ1) is 14.0. The van der Waals surface area contributed by atoms with Crippen LogP contribution in [0.15, 0.2) is 72.8 Å². The van der Waals surface area contributed by atoms with Gasteiger partial charge in [-0.1, -0.05) is 54.6 Å². The number of ether oxygens (including phenoxy) is 1. The lowest BCUT2D eigenvalue weighted by Crippen LogP contribution is -2.21. The van der Waals surface area contributed by atoms with Crippen LogP contribution >= 0.6 is 0 Å². The maximum absolute atomic E-state index is 12.3. The Kier molecular flexibility index (Phi) is 5.99. The van der Waals surface area contributed by atoms with Crippen molar-refractivity contribution in [1.29, 1.82) is 0 Å². The van der Waals surface area contributed by atoms with E-state index in [4.69, 9.17) is 4.74 Å². The standard InChI is InChI=1S/C22H18N2O5/c1-15-17(11-7-13-20(15)24(27)28)22(26)29-14-21(25)23-19-12-6-5-10-18(19)16-8-3-2-4-9-16/h2-13H,14H2,1H3,(H,23,25). The molecule has 1 N–H and O–H groups in total. The number of amides is 1. The molecule has 0 unspecified atom stereocenters. The summed E-state index contributed by atoms with van der Waals surface area (Å²) in [5, 5.41) is 13.7. The van der Waals surface area contributed by atoms with Crippen molar-refractivity contribution >= 4 is 23.3 Å². The van der Waals surface area contributed by atoms with E-state index in [1.54, 1.807) is 12.1 Å². The third kappa shape index (κ3) is 4.65. The number of para-hydroxylation sites is 1. The molecule has 0 aliphatic carbocycles. The molecule has 0 radical (unpaired) electrons. The van der Waals surface area contributed by atoms with Crippen LogP contribution in [0.3, 0.4) is 0 Å². The van der Waals surface area contributed by atoms with Crippen LogP contribution in [-0.2, 0) is 9.53 Å². The van der Waals surface area contributed by atoms with Crippen LogP contribution in [0.2, 0.25) is 0 Å². The molecule has 146 valence electrons. The fourth-order valence-electron chi connectivity index (χ4n) is 2.90. The van der Waals surface area contributed by atoms with Crippen LogP contribution < -0.4 is 5.32 Å². The van der Waals surface area contributed by atoms with Crippen molar-refractivity contribution in [3.05, 3.63) is 94.0 Å². The Hall–Kier alpha value is -4.00. The number of rotatable bonds is 6. The predicted octanol–water partition coefficient (Wildman–Crippen LogP) is 4.37. The average molecular weight is 390 g/mol. The smallest absolute Gasteiger partial charge is 0.339 e. The summed E-state index contributed by atoms with van der Waals surface area (Å²) < 4.78 is 5.05. The van der Waals surface area contributed by atoms with E-state index >= 15 is 0 Å². The van der Waals surface area contributed by atoms with E-state index in [0.717, 1.165) is 11.1 Å². The lowest BCUT2D eigenvalue weighted by atomic mass is 10.0. The third-order valence-corrected chi connectivity index (χ3v) is 4.34. The lowest BCUT2D eigenvalue weighted by Gasteiger charge is -2.12. The lowest BCUT2D eigenvalue weighted by molar-refractivity contribution is -0.385. The first-order valence-electron chi connectivity index (χ1n) is 8.83. The highest BCUT2D eigenvalue weighted by Crippen LogP contribution is 2.27. The Labute approximate surface area is 167 Å². The molecule has 0 bridgehead atoms. The summed E-state index contributed by atoms with van der Waals surface area (Å²) in [7, 11) is 0. The van der Waals surface area contributed by atoms with Crippen molar-refractivity contribution in [2.75, 3.05) is 11.9 Å². The topological polar surface area (TPSA) is 98.5 Å². The average Bonchev–Trinajstić information content (AvgIpc) is 2.73. The van der Waals surface area contributed by atoms with Crippen LogP contribution in [0.25, 0.3) is 11.1 Å². The van der Waals surface area contributed by atoms with Crippen molar-refractivity contribution in [3.63, 3.8) is 0 Å². The Morgan fingerprint density at radius 1 is 0.966 bits per heavy atom. The van der Waals surface area contributed by atoms with Gasteiger partial charge in [-0.15, -0.1) is 0 Å². The molecular formula is C22H18N2O5. The van der Waals surface area contributed by atoms with Gasteiger partial charge < -0.3 is 10.1 Å². The number of hydrogen-bond donors (Lipinski definition) is 1. The third-order valence-electron chi connectivity index (χ3n) is 4.34. The maximum atomic E-state index is 12.3. The molecule has 3 aromatic carbocycles. The molecule has 0 saturated carbocycles. The summed E-state index contributed by atoms with van der Waals surface area (Å²) in [6.07, 6.45) is 0. The summed E-state index contributed by atoms with van der Waals surface area (Å²) >= 11 is 0. The second-order valence-corrected chi connectivity index (χ2v) is 6.24. The zero-order valence-electron chi connectivity index (χ0n) is 15.6. The quantitative estimate of drug-likeness (QED) is 0.383. The van der Waals surface area contributed by atoms with Crippen molar-refractivity contribution < 1.29 is 19.2 Å². The fourth-order valence-corrected chi connectivity index (χ4v) is 2.90. The summed E-state index contributed by atoms with van der Waals surface area (Å²) in [6, 6.07) is 21.0. The first kappa shape index (κ1) is 19.8. The molecular weight excluding hydrogens is 372 g/mol. The van der Waals surface area contributed by atoms with Crippen LogP contribution in [0.1, 0.15) is 15.9 Å². The highest BCUT2D eigenvalue weighted by atomic mass is 16.6. The molecule has 0 spiro atoms. The second-order valence-electron chi connectivity index (χ2n) is 6.24. The summed E-state index contributed by atoms with van der Waals surface area (Å²) in [5.41, 5.74) is 2.43. The van der Waals surface area contributed by atoms with Gasteiger partial charge in [-0.3, -0.25) is 14.9 Å². The minimum absolute atomic E-state index is 0.0525. The van der Waals surface area contributed by atoms with Crippen LogP contribution in [0, 0.1) is 17.0 Å². The Bertz CT molecular complexity index is 1060. The summed E-state index contributed by atoms with van der Waals surface area (Å²) in [5.74, 6) is -1.30. The van der Waals surface area contributed by atoms with Gasteiger partial charge in [0.2, 0.25) is 0 Å². The van der Waals surface area contributed by atoms with Crippen LogP contribution in [-0.4, -0.2) is 23.4 Å². The van der Waals surface area contributed by atoms with E-state index in [0.29, 0.717) is 5.69 Å². The molecule has 29 heavy (non-hydrogen) atoms. The van der Waals surface area contributed by atoms with Crippen molar-refractivity contribution in [2.24, 2.45) is 0 Å². The minimum atomic E-state index is -0.794. The predicted molar refractivity (Wildman–Crippen MR) is 109 cm³/mol. The van der Waals surface area contributed by atoms with Crippen molar-refractivity contribution in [1.82, 2.24) is 0 Å². The number of anilines is 1. The van der Waals surface area contributed by atoms with Gasteiger partial charge >= 0.3 is 5.97 Å². The summed E-state index contributed by atoms with van der Waals surface area (Å²) in [6.45, 7) is 0.953. The number of nitrogens with zero attached hydrogens (tertiary/aromatic N) is 1. The van der Waals surface area contributed by atoms with Gasteiger partial charge in [-0.2, -0.15) is 0 Å². The van der Waals surface area contributed by atoms with Gasteiger partial charge in [-0.05, 0) is 24.6 Å². The maximum Gasteiger partial charge on any atom is 0.339 e. The Morgan fingerprint density at radius 2 is 1.66 bits per heavy atom. The first-order valence-corrected chi connectivity index (χ1v) is 8.83. The molecule has 7 nitrogen and oxygen atoms in total. The van der Waals surface area contributed by atoms with Gasteiger partial charge in [0.15, 0.2) is 6.61 Å². The number of nitro groups is 1. The van der Waals surface area contributed by atoms with E-state index in [1.165, 1.54) is 25.1 Å². The molecule has 1 amide bonds. The number of nitro benzene ring substituents is 1. The molecule has 0 atom stereocenters. The number of carbonyl (C=O) groups is 2. The molecule has 0 aromatic heterocycles. The molecule has 3 aromatic rings. The van der Waals surface area contributed by atoms with E-state index in [2.05, 4.69) is 5.32 Å². The molecule has 0 saturated heterocycles. The highest BCUT2D eigenvalue weighted by Gasteiger charge is 2.20. The number of hydrogen-bond acceptors (Lipinski definition) is 5. The van der Waals surface area contributed by atoms with E-state index < -0.39 is 23.4 Å². The normalized spacial score (nSPS) is 10.2. The Balaban J connectivity index is 1.68. The molecule has 3 rings (SSSR count). The molecule has 7 heteroatoms. The second kappa shape index (κ2) is 8.79. The Morgan fingerprint density at radius 3 is 2.38 bits per heavy atom. The zero-order chi connectivity index (χ0) is 20.8. The van der Waals surface area contributed by atoms with Gasteiger partial charge in [0.05, 0.1) is 10.5 Å². The van der Waals surface area contributed by atoms with Gasteiger partial charge in [-0.25, -0.2) is 4.79 Å². The number of benzene rings is 3. The number of esters is 1. The summed E-state index contributed by atoms with van der Waals surface area (Å²) in [4.78, 5) is 35.0. The van der Waals surface area contributed by atoms with E-state index in [9.17, 15) is 19.7 Å². The van der Waals surface area contributed by atoms with Gasteiger partial charge in [0.1, 0.15) is 0 Å². The molecule has 0 aliphatic rings. The van der Waals surface area contributed by atoms with E-state index in [1.807, 2.05) is 42.5 Å². The molecule has 0 heterocycles. The largest absolute Gasteiger partial charge is 0.452 e. The van der Waals surface area contributed by atoms with Crippen molar-refractivity contribution in [2.45, 2.75) is 6.92 Å². The zero-order valence-corrected chi connectivity index (χ0v) is 15.6. The number of carbonyl (C=O) groups excluding carboxylic acids is 2.